The number of ketones is 1. The van der Waals surface area contributed by atoms with E-state index < -0.39 is 35.7 Å². The van der Waals surface area contributed by atoms with E-state index in [0.29, 0.717) is 0 Å². The van der Waals surface area contributed by atoms with Gasteiger partial charge >= 0.3 is 5.97 Å². The summed E-state index contributed by atoms with van der Waals surface area (Å²) in [6, 6.07) is 1.70. The topological polar surface area (TPSA) is 77.0 Å². The molecular weight excluding hydrogens is 354 g/mol. The molecule has 1 aromatic rings. The quantitative estimate of drug-likeness (QED) is 0.274. The first-order chi connectivity index (χ1) is 9.90. The highest BCUT2D eigenvalue weighted by Gasteiger charge is 2.21. The molecule has 0 atom stereocenters. The van der Waals surface area contributed by atoms with E-state index in [9.17, 15) is 18.4 Å². The van der Waals surface area contributed by atoms with E-state index in [1.807, 2.05) is 0 Å². The van der Waals surface area contributed by atoms with Crippen molar-refractivity contribution < 1.29 is 27.8 Å². The van der Waals surface area contributed by atoms with Crippen molar-refractivity contribution >= 4 is 39.1 Å². The molecule has 9 heteroatoms. The van der Waals surface area contributed by atoms with Crippen molar-refractivity contribution in [1.82, 2.24) is 0 Å². The van der Waals surface area contributed by atoms with Crippen molar-refractivity contribution in [2.24, 2.45) is 5.10 Å². The van der Waals surface area contributed by atoms with Crippen LogP contribution in [-0.4, -0.2) is 38.3 Å². The summed E-state index contributed by atoms with van der Waals surface area (Å²) in [7, 11) is 2.31. The average molecular weight is 365 g/mol. The van der Waals surface area contributed by atoms with Crippen molar-refractivity contribution in [3.63, 3.8) is 0 Å². The van der Waals surface area contributed by atoms with E-state index in [1.54, 1.807) is 0 Å². The molecule has 0 aromatic heterocycles. The van der Waals surface area contributed by atoms with Crippen molar-refractivity contribution in [2.75, 3.05) is 26.3 Å². The van der Waals surface area contributed by atoms with Gasteiger partial charge in [-0.1, -0.05) is 0 Å². The lowest BCUT2D eigenvalue weighted by Gasteiger charge is -2.06. The van der Waals surface area contributed by atoms with Gasteiger partial charge in [-0.15, -0.1) is 0 Å². The summed E-state index contributed by atoms with van der Waals surface area (Å²) in [6.07, 6.45) is 0. The highest BCUT2D eigenvalue weighted by Crippen LogP contribution is 2.23. The summed E-state index contributed by atoms with van der Waals surface area (Å²) in [5, 5.41) is 3.46. The number of anilines is 1. The number of esters is 1. The van der Waals surface area contributed by atoms with Crippen LogP contribution in [0.15, 0.2) is 21.7 Å². The maximum Gasteiger partial charge on any atom is 0.362 e. The van der Waals surface area contributed by atoms with Crippen LogP contribution in [0.2, 0.25) is 0 Å². The lowest BCUT2D eigenvalue weighted by molar-refractivity contribution is -0.133. The molecule has 0 amide bonds. The maximum atomic E-state index is 13.6. The van der Waals surface area contributed by atoms with Crippen LogP contribution in [0.5, 0.6) is 0 Å². The number of halogens is 3. The van der Waals surface area contributed by atoms with E-state index in [0.717, 1.165) is 19.2 Å². The summed E-state index contributed by atoms with van der Waals surface area (Å²) in [5.41, 5.74) is 1.14. The van der Waals surface area contributed by atoms with Gasteiger partial charge in [0.05, 0.1) is 17.3 Å². The standard InChI is InChI=1S/C12H11BrF2N2O4/c1-20-5-10(18)11(12(19)21-2)17-16-9-4-7(14)6(13)3-8(9)15/h3-4,16H,5H2,1-2H3. The molecule has 114 valence electrons. The largest absolute Gasteiger partial charge is 0.464 e. The Morgan fingerprint density at radius 2 is 1.95 bits per heavy atom. The normalized spacial score (nSPS) is 11.2. The number of ether oxygens (including phenoxy) is 2. The molecule has 21 heavy (non-hydrogen) atoms. The highest BCUT2D eigenvalue weighted by molar-refractivity contribution is 9.10. The maximum absolute atomic E-state index is 13.6. The first-order valence-electron chi connectivity index (χ1n) is 5.49. The van der Waals surface area contributed by atoms with E-state index in [4.69, 9.17) is 0 Å². The number of benzene rings is 1. The Hall–Kier alpha value is -1.87. The van der Waals surface area contributed by atoms with Crippen molar-refractivity contribution in [3.8, 4) is 0 Å². The summed E-state index contributed by atoms with van der Waals surface area (Å²) in [4.78, 5) is 23.0. The predicted octanol–water partition coefficient (Wildman–Crippen LogP) is 1.88. The Balaban J connectivity index is 3.05. The molecule has 1 aromatic carbocycles. The molecule has 6 nitrogen and oxygen atoms in total. The van der Waals surface area contributed by atoms with Crippen LogP contribution in [0, 0.1) is 11.6 Å². The van der Waals surface area contributed by atoms with Crippen molar-refractivity contribution in [3.05, 3.63) is 28.2 Å². The third-order valence-corrected chi connectivity index (χ3v) is 2.82. The van der Waals surface area contributed by atoms with Crippen LogP contribution >= 0.6 is 15.9 Å². The minimum Gasteiger partial charge on any atom is -0.464 e. The van der Waals surface area contributed by atoms with Gasteiger partial charge in [-0.05, 0) is 22.0 Å². The lowest BCUT2D eigenvalue weighted by Crippen LogP contribution is -2.29. The molecule has 1 rings (SSSR count). The zero-order chi connectivity index (χ0) is 16.0. The van der Waals surface area contributed by atoms with Gasteiger partial charge in [0, 0.05) is 13.2 Å². The molecule has 0 unspecified atom stereocenters. The van der Waals surface area contributed by atoms with Crippen LogP contribution < -0.4 is 5.43 Å². The zero-order valence-corrected chi connectivity index (χ0v) is 12.7. The number of nitrogens with one attached hydrogen (secondary N) is 1. The fourth-order valence-corrected chi connectivity index (χ4v) is 1.56. The minimum atomic E-state index is -1.03. The van der Waals surface area contributed by atoms with E-state index in [2.05, 4.69) is 35.9 Å². The number of rotatable bonds is 6. The molecule has 0 aliphatic carbocycles. The number of hydrogen-bond acceptors (Lipinski definition) is 6. The van der Waals surface area contributed by atoms with E-state index in [-0.39, 0.29) is 10.2 Å². The molecule has 1 N–H and O–H groups in total. The number of hydrogen-bond donors (Lipinski definition) is 1. The molecule has 0 spiro atoms. The second kappa shape index (κ2) is 7.79. The number of carbonyl (C=O) groups excluding carboxylic acids is 2. The molecule has 0 aliphatic heterocycles. The van der Waals surface area contributed by atoms with Crippen LogP contribution in [0.3, 0.4) is 0 Å². The molecule has 0 heterocycles. The fourth-order valence-electron chi connectivity index (χ4n) is 1.24. The zero-order valence-electron chi connectivity index (χ0n) is 11.1. The van der Waals surface area contributed by atoms with Crippen LogP contribution in [0.1, 0.15) is 0 Å². The van der Waals surface area contributed by atoms with Gasteiger partial charge in [0.15, 0.2) is 0 Å². The predicted molar refractivity (Wildman–Crippen MR) is 74.0 cm³/mol. The summed E-state index contributed by atoms with van der Waals surface area (Å²) in [6.45, 7) is -0.410. The van der Waals surface area contributed by atoms with Crippen LogP contribution in [0.25, 0.3) is 0 Å². The number of nitrogens with zero attached hydrogens (tertiary/aromatic N) is 1. The SMILES string of the molecule is COCC(=O)C(=NNc1cc(F)c(Br)cc1F)C(=O)OC. The molecule has 0 saturated heterocycles. The van der Waals surface area contributed by atoms with Gasteiger partial charge in [-0.3, -0.25) is 10.2 Å². The number of carbonyl (C=O) groups is 2. The van der Waals surface area contributed by atoms with E-state index in [1.165, 1.54) is 7.11 Å². The molecular formula is C12H11BrF2N2O4. The fraction of sp³-hybridized carbons (Fsp3) is 0.250. The van der Waals surface area contributed by atoms with Crippen molar-refractivity contribution in [1.29, 1.82) is 0 Å². The average Bonchev–Trinajstić information content (AvgIpc) is 2.44. The Labute approximate surface area is 127 Å². The van der Waals surface area contributed by atoms with Gasteiger partial charge in [0.25, 0.3) is 0 Å². The molecule has 0 radical (unpaired) electrons. The second-order valence-corrected chi connectivity index (χ2v) is 4.52. The molecule has 0 saturated carbocycles. The number of hydrazone groups is 1. The molecule has 0 aliphatic rings. The first kappa shape index (κ1) is 17.2. The third kappa shape index (κ3) is 4.57. The smallest absolute Gasteiger partial charge is 0.362 e. The van der Waals surface area contributed by atoms with Gasteiger partial charge in [0.2, 0.25) is 11.5 Å². The lowest BCUT2D eigenvalue weighted by atomic mass is 10.2. The van der Waals surface area contributed by atoms with Crippen LogP contribution in [0.4, 0.5) is 14.5 Å². The first-order valence-corrected chi connectivity index (χ1v) is 6.28. The summed E-state index contributed by atoms with van der Waals surface area (Å²) in [5.74, 6) is -3.36. The Morgan fingerprint density at radius 1 is 1.29 bits per heavy atom. The number of methoxy groups -OCH3 is 2. The van der Waals surface area contributed by atoms with Gasteiger partial charge in [-0.25, -0.2) is 13.6 Å². The summed E-state index contributed by atoms with van der Waals surface area (Å²) >= 11 is 2.82. The minimum absolute atomic E-state index is 0.0711. The van der Waals surface area contributed by atoms with Gasteiger partial charge in [-0.2, -0.15) is 5.10 Å². The Kier molecular flexibility index (Phi) is 6.38. The van der Waals surface area contributed by atoms with E-state index >= 15 is 0 Å². The Morgan fingerprint density at radius 3 is 2.52 bits per heavy atom. The Bertz CT molecular complexity index is 593. The van der Waals surface area contributed by atoms with Gasteiger partial charge in [0.1, 0.15) is 18.2 Å². The summed E-state index contributed by atoms with van der Waals surface area (Å²) < 4.78 is 35.8. The highest BCUT2D eigenvalue weighted by atomic mass is 79.9. The molecule has 0 fully saturated rings. The second-order valence-electron chi connectivity index (χ2n) is 3.67. The van der Waals surface area contributed by atoms with Crippen LogP contribution in [-0.2, 0) is 19.1 Å². The van der Waals surface area contributed by atoms with Gasteiger partial charge < -0.3 is 9.47 Å². The molecule has 0 bridgehead atoms. The van der Waals surface area contributed by atoms with Crippen molar-refractivity contribution in [2.45, 2.75) is 0 Å². The monoisotopic (exact) mass is 364 g/mol. The number of Topliss-reactive ketones (excluding diaryl/α,β-unsaturated/α-hetero) is 1. The third-order valence-electron chi connectivity index (χ3n) is 2.22.